The highest BCUT2D eigenvalue weighted by atomic mass is 35.5. The van der Waals surface area contributed by atoms with Gasteiger partial charge in [-0.25, -0.2) is 0 Å². The first kappa shape index (κ1) is 14.3. The van der Waals surface area contributed by atoms with Gasteiger partial charge < -0.3 is 24.2 Å². The van der Waals surface area contributed by atoms with E-state index in [0.717, 1.165) is 11.3 Å². The highest BCUT2D eigenvalue weighted by Crippen LogP contribution is 2.12. The average Bonchev–Trinajstić information content (AvgIpc) is 2.29. The standard InChI is InChI=1S/C10H14BClO5/c1-15-9-4-2-8(3-5-9)6-16-7-10(12)17-11(13)14/h2-5,10,13-14H,6-7H2,1H3/t10-/m0/s1. The summed E-state index contributed by atoms with van der Waals surface area (Å²) in [6.07, 6.45) is 0. The van der Waals surface area contributed by atoms with Crippen molar-refractivity contribution in [3.8, 4) is 5.75 Å². The Morgan fingerprint density at radius 1 is 1.29 bits per heavy atom. The second kappa shape index (κ2) is 7.52. The number of rotatable bonds is 7. The monoisotopic (exact) mass is 260 g/mol. The van der Waals surface area contributed by atoms with Gasteiger partial charge in [-0.3, -0.25) is 0 Å². The predicted molar refractivity (Wildman–Crippen MR) is 63.6 cm³/mol. The minimum atomic E-state index is -1.89. The summed E-state index contributed by atoms with van der Waals surface area (Å²) in [7, 11) is -0.289. The van der Waals surface area contributed by atoms with Crippen molar-refractivity contribution in [1.82, 2.24) is 0 Å². The number of halogens is 1. The van der Waals surface area contributed by atoms with E-state index in [2.05, 4.69) is 4.65 Å². The van der Waals surface area contributed by atoms with Gasteiger partial charge in [-0.1, -0.05) is 23.7 Å². The fourth-order valence-electron chi connectivity index (χ4n) is 1.16. The van der Waals surface area contributed by atoms with E-state index in [1.54, 1.807) is 7.11 Å². The minimum Gasteiger partial charge on any atom is -0.497 e. The van der Waals surface area contributed by atoms with Crippen LogP contribution in [0, 0.1) is 0 Å². The number of alkyl halides is 1. The summed E-state index contributed by atoms with van der Waals surface area (Å²) in [4.78, 5) is 0. The molecule has 0 spiro atoms. The van der Waals surface area contributed by atoms with E-state index in [1.807, 2.05) is 24.3 Å². The molecule has 2 N–H and O–H groups in total. The van der Waals surface area contributed by atoms with Crippen molar-refractivity contribution in [3.63, 3.8) is 0 Å². The third kappa shape index (κ3) is 5.90. The van der Waals surface area contributed by atoms with Gasteiger partial charge in [0.2, 0.25) is 0 Å². The maximum atomic E-state index is 8.48. The maximum absolute atomic E-state index is 8.48. The molecule has 94 valence electrons. The maximum Gasteiger partial charge on any atom is 0.635 e. The van der Waals surface area contributed by atoms with Crippen LogP contribution >= 0.6 is 11.6 Å². The molecule has 0 radical (unpaired) electrons. The summed E-state index contributed by atoms with van der Waals surface area (Å²) in [5.74, 6) is 0.774. The number of methoxy groups -OCH3 is 1. The molecule has 7 heteroatoms. The lowest BCUT2D eigenvalue weighted by molar-refractivity contribution is 0.0528. The van der Waals surface area contributed by atoms with Crippen molar-refractivity contribution in [1.29, 1.82) is 0 Å². The Morgan fingerprint density at radius 3 is 2.47 bits per heavy atom. The molecule has 0 saturated heterocycles. The third-order valence-corrected chi connectivity index (χ3v) is 2.17. The van der Waals surface area contributed by atoms with Crippen molar-refractivity contribution < 1.29 is 24.2 Å². The Bertz CT molecular complexity index is 319. The SMILES string of the molecule is COc1ccc(COC[C@@H](Cl)OB(O)O)cc1. The zero-order valence-electron chi connectivity index (χ0n) is 9.38. The van der Waals surface area contributed by atoms with Crippen molar-refractivity contribution in [2.45, 2.75) is 12.2 Å². The highest BCUT2D eigenvalue weighted by molar-refractivity contribution is 6.34. The Hall–Kier alpha value is -0.785. The Balaban J connectivity index is 2.25. The van der Waals surface area contributed by atoms with Gasteiger partial charge in [-0.05, 0) is 17.7 Å². The number of hydrogen-bond acceptors (Lipinski definition) is 5. The van der Waals surface area contributed by atoms with Gasteiger partial charge in [0, 0.05) is 0 Å². The van der Waals surface area contributed by atoms with Crippen LogP contribution in [0.1, 0.15) is 5.56 Å². The van der Waals surface area contributed by atoms with Crippen LogP contribution < -0.4 is 4.74 Å². The summed E-state index contributed by atoms with van der Waals surface area (Å²) in [6.45, 7) is 0.420. The first-order valence-corrected chi connectivity index (χ1v) is 5.42. The van der Waals surface area contributed by atoms with Crippen LogP contribution in [0.5, 0.6) is 5.75 Å². The average molecular weight is 260 g/mol. The van der Waals surface area contributed by atoms with Gasteiger partial charge in [0.1, 0.15) is 11.3 Å². The molecule has 0 aliphatic carbocycles. The molecular formula is C10H14BClO5. The lowest BCUT2D eigenvalue weighted by atomic mass is 10.2. The van der Waals surface area contributed by atoms with Crippen LogP contribution in [-0.4, -0.2) is 36.6 Å². The van der Waals surface area contributed by atoms with Crippen molar-refractivity contribution in [3.05, 3.63) is 29.8 Å². The fourth-order valence-corrected chi connectivity index (χ4v) is 1.34. The van der Waals surface area contributed by atoms with Crippen LogP contribution in [0.4, 0.5) is 0 Å². The van der Waals surface area contributed by atoms with Gasteiger partial charge in [0.15, 0.2) is 0 Å². The van der Waals surface area contributed by atoms with Crippen LogP contribution in [0.15, 0.2) is 24.3 Å². The van der Waals surface area contributed by atoms with E-state index in [4.69, 9.17) is 31.1 Å². The van der Waals surface area contributed by atoms with Gasteiger partial charge in [-0.15, -0.1) is 0 Å². The molecule has 0 amide bonds. The Morgan fingerprint density at radius 2 is 1.94 bits per heavy atom. The van der Waals surface area contributed by atoms with E-state index in [-0.39, 0.29) is 6.61 Å². The van der Waals surface area contributed by atoms with E-state index < -0.39 is 12.9 Å². The summed E-state index contributed by atoms with van der Waals surface area (Å²) < 4.78 is 14.7. The predicted octanol–water partition coefficient (Wildman–Crippen LogP) is 0.763. The van der Waals surface area contributed by atoms with Crippen LogP contribution in [0.3, 0.4) is 0 Å². The molecular weight excluding hydrogens is 246 g/mol. The zero-order valence-corrected chi connectivity index (χ0v) is 10.1. The first-order valence-electron chi connectivity index (χ1n) is 4.98. The molecule has 0 aliphatic heterocycles. The number of hydrogen-bond donors (Lipinski definition) is 2. The minimum absolute atomic E-state index is 0.0607. The largest absolute Gasteiger partial charge is 0.635 e. The normalized spacial score (nSPS) is 12.2. The molecule has 1 aromatic carbocycles. The van der Waals surface area contributed by atoms with Gasteiger partial charge >= 0.3 is 7.32 Å². The third-order valence-electron chi connectivity index (χ3n) is 1.95. The highest BCUT2D eigenvalue weighted by Gasteiger charge is 2.15. The lowest BCUT2D eigenvalue weighted by Gasteiger charge is -2.11. The quantitative estimate of drug-likeness (QED) is 0.560. The molecule has 17 heavy (non-hydrogen) atoms. The topological polar surface area (TPSA) is 68.2 Å². The molecule has 0 bridgehead atoms. The zero-order chi connectivity index (χ0) is 12.7. The Kier molecular flexibility index (Phi) is 6.32. The smallest absolute Gasteiger partial charge is 0.497 e. The van der Waals surface area contributed by atoms with Gasteiger partial charge in [0.05, 0.1) is 20.3 Å². The molecule has 0 unspecified atom stereocenters. The summed E-state index contributed by atoms with van der Waals surface area (Å²) in [6, 6.07) is 7.38. The molecule has 0 heterocycles. The van der Waals surface area contributed by atoms with Gasteiger partial charge in [-0.2, -0.15) is 0 Å². The fraction of sp³-hybridized carbons (Fsp3) is 0.400. The molecule has 1 aromatic rings. The molecule has 1 atom stereocenters. The second-order valence-corrected chi connectivity index (χ2v) is 3.72. The summed E-state index contributed by atoms with van der Waals surface area (Å²) in [5, 5.41) is 17.0. The van der Waals surface area contributed by atoms with Crippen LogP contribution in [0.2, 0.25) is 0 Å². The molecule has 0 aromatic heterocycles. The second-order valence-electron chi connectivity index (χ2n) is 3.24. The van der Waals surface area contributed by atoms with Crippen LogP contribution in [-0.2, 0) is 16.0 Å². The van der Waals surface area contributed by atoms with Gasteiger partial charge in [0.25, 0.3) is 0 Å². The molecule has 1 rings (SSSR count). The van der Waals surface area contributed by atoms with Crippen molar-refractivity contribution in [2.24, 2.45) is 0 Å². The molecule has 0 fully saturated rings. The molecule has 0 aliphatic rings. The van der Waals surface area contributed by atoms with E-state index in [9.17, 15) is 0 Å². The summed E-state index contributed by atoms with van der Waals surface area (Å²) in [5.41, 5.74) is 0.0625. The van der Waals surface area contributed by atoms with E-state index in [0.29, 0.717) is 6.61 Å². The Labute approximate surface area is 105 Å². The van der Waals surface area contributed by atoms with E-state index >= 15 is 0 Å². The number of benzene rings is 1. The molecule has 0 saturated carbocycles. The van der Waals surface area contributed by atoms with Crippen molar-refractivity contribution >= 4 is 18.9 Å². The molecule has 5 nitrogen and oxygen atoms in total. The van der Waals surface area contributed by atoms with Crippen molar-refractivity contribution in [2.75, 3.05) is 13.7 Å². The van der Waals surface area contributed by atoms with E-state index in [1.165, 1.54) is 0 Å². The number of ether oxygens (including phenoxy) is 2. The first-order chi connectivity index (χ1) is 8.11. The lowest BCUT2D eigenvalue weighted by Crippen LogP contribution is -2.25. The van der Waals surface area contributed by atoms with Crippen LogP contribution in [0.25, 0.3) is 0 Å². The summed E-state index contributed by atoms with van der Waals surface area (Å²) >= 11 is 5.60.